The maximum absolute atomic E-state index is 12.9. The van der Waals surface area contributed by atoms with Crippen LogP contribution in [0.15, 0.2) is 24.3 Å². The molecule has 1 aromatic carbocycles. The summed E-state index contributed by atoms with van der Waals surface area (Å²) in [5.41, 5.74) is 1.26. The van der Waals surface area contributed by atoms with Crippen molar-refractivity contribution in [2.24, 2.45) is 5.41 Å². The van der Waals surface area contributed by atoms with E-state index >= 15 is 0 Å². The van der Waals surface area contributed by atoms with Gasteiger partial charge < -0.3 is 20.6 Å². The maximum atomic E-state index is 12.9. The summed E-state index contributed by atoms with van der Waals surface area (Å²) in [7, 11) is 0. The van der Waals surface area contributed by atoms with Gasteiger partial charge in [0.1, 0.15) is 0 Å². The van der Waals surface area contributed by atoms with Gasteiger partial charge in [-0.2, -0.15) is 0 Å². The zero-order chi connectivity index (χ0) is 19.3. The van der Waals surface area contributed by atoms with Gasteiger partial charge >= 0.3 is 5.97 Å². The highest BCUT2D eigenvalue weighted by Crippen LogP contribution is 2.39. The molecule has 27 heavy (non-hydrogen) atoms. The molecule has 2 amide bonds. The zero-order valence-electron chi connectivity index (χ0n) is 15.5. The van der Waals surface area contributed by atoms with Crippen LogP contribution in [0.5, 0.6) is 0 Å². The van der Waals surface area contributed by atoms with Crippen molar-refractivity contribution >= 4 is 17.8 Å². The number of piperidine rings is 2. The Morgan fingerprint density at radius 2 is 1.74 bits per heavy atom. The third-order valence-corrected chi connectivity index (χ3v) is 5.77. The molecule has 0 atom stereocenters. The van der Waals surface area contributed by atoms with E-state index < -0.39 is 5.97 Å². The second-order valence-electron chi connectivity index (χ2n) is 7.52. The predicted octanol–water partition coefficient (Wildman–Crippen LogP) is 1.50. The maximum Gasteiger partial charge on any atom is 0.305 e. The highest BCUT2D eigenvalue weighted by Gasteiger charge is 2.36. The van der Waals surface area contributed by atoms with Crippen LogP contribution in [0.2, 0.25) is 0 Å². The van der Waals surface area contributed by atoms with E-state index in [1.165, 1.54) is 12.8 Å². The van der Waals surface area contributed by atoms with E-state index in [-0.39, 0.29) is 24.8 Å². The van der Waals surface area contributed by atoms with Crippen molar-refractivity contribution in [2.45, 2.75) is 32.1 Å². The van der Waals surface area contributed by atoms with Crippen molar-refractivity contribution < 1.29 is 19.5 Å². The van der Waals surface area contributed by atoms with Gasteiger partial charge in [0.15, 0.2) is 0 Å². The van der Waals surface area contributed by atoms with E-state index in [1.54, 1.807) is 24.3 Å². The van der Waals surface area contributed by atoms with E-state index in [1.807, 2.05) is 4.90 Å². The van der Waals surface area contributed by atoms with Crippen molar-refractivity contribution in [3.8, 4) is 0 Å². The highest BCUT2D eigenvalue weighted by molar-refractivity contribution is 5.99. The molecule has 0 aromatic heterocycles. The topological polar surface area (TPSA) is 98.7 Å². The summed E-state index contributed by atoms with van der Waals surface area (Å²) in [6.07, 6.45) is 4.31. The van der Waals surface area contributed by atoms with Gasteiger partial charge in [0.25, 0.3) is 11.8 Å². The van der Waals surface area contributed by atoms with Crippen molar-refractivity contribution in [2.75, 3.05) is 32.7 Å². The number of nitrogens with zero attached hydrogens (tertiary/aromatic N) is 1. The van der Waals surface area contributed by atoms with Gasteiger partial charge in [0.2, 0.25) is 0 Å². The average molecular weight is 373 g/mol. The minimum Gasteiger partial charge on any atom is -0.481 e. The van der Waals surface area contributed by atoms with Crippen LogP contribution in [0.4, 0.5) is 0 Å². The lowest BCUT2D eigenvalue weighted by molar-refractivity contribution is -0.136. The van der Waals surface area contributed by atoms with Gasteiger partial charge in [-0.1, -0.05) is 6.07 Å². The minimum absolute atomic E-state index is 0.0426. The van der Waals surface area contributed by atoms with Crippen LogP contribution in [-0.4, -0.2) is 60.5 Å². The van der Waals surface area contributed by atoms with Gasteiger partial charge in [0, 0.05) is 30.8 Å². The molecule has 1 aromatic rings. The number of carbonyl (C=O) groups excluding carboxylic acids is 2. The zero-order valence-corrected chi connectivity index (χ0v) is 15.5. The number of rotatable bonds is 5. The number of benzene rings is 1. The Hall–Kier alpha value is -2.41. The molecule has 2 aliphatic rings. The molecule has 2 heterocycles. The Kier molecular flexibility index (Phi) is 6.11. The summed E-state index contributed by atoms with van der Waals surface area (Å²) in [5.74, 6) is -1.37. The van der Waals surface area contributed by atoms with Gasteiger partial charge in [-0.15, -0.1) is 0 Å². The Bertz CT molecular complexity index is 703. The summed E-state index contributed by atoms with van der Waals surface area (Å²) in [5, 5.41) is 14.6. The van der Waals surface area contributed by atoms with E-state index in [0.717, 1.165) is 39.0 Å². The molecule has 1 spiro atoms. The fourth-order valence-electron chi connectivity index (χ4n) is 4.00. The molecule has 0 radical (unpaired) electrons. The van der Waals surface area contributed by atoms with Gasteiger partial charge in [0.05, 0.1) is 6.42 Å². The van der Waals surface area contributed by atoms with Gasteiger partial charge in [-0.05, 0) is 62.4 Å². The van der Waals surface area contributed by atoms with Crippen molar-refractivity contribution in [3.05, 3.63) is 35.4 Å². The van der Waals surface area contributed by atoms with Crippen LogP contribution in [-0.2, 0) is 4.79 Å². The first-order valence-corrected chi connectivity index (χ1v) is 9.59. The predicted molar refractivity (Wildman–Crippen MR) is 101 cm³/mol. The summed E-state index contributed by atoms with van der Waals surface area (Å²) in [4.78, 5) is 37.4. The van der Waals surface area contributed by atoms with Gasteiger partial charge in [-0.3, -0.25) is 14.4 Å². The van der Waals surface area contributed by atoms with Crippen LogP contribution in [0.1, 0.15) is 52.8 Å². The number of likely N-dealkylation sites (tertiary alicyclic amines) is 1. The number of carboxylic acid groups (broad SMARTS) is 1. The van der Waals surface area contributed by atoms with Crippen LogP contribution in [0.3, 0.4) is 0 Å². The summed E-state index contributed by atoms with van der Waals surface area (Å²) < 4.78 is 0. The van der Waals surface area contributed by atoms with Crippen molar-refractivity contribution in [1.82, 2.24) is 15.5 Å². The summed E-state index contributed by atoms with van der Waals surface area (Å²) >= 11 is 0. The molecule has 2 saturated heterocycles. The number of aliphatic carboxylic acids is 1. The molecule has 3 rings (SSSR count). The van der Waals surface area contributed by atoms with E-state index in [0.29, 0.717) is 16.5 Å². The average Bonchev–Trinajstić information content (AvgIpc) is 2.68. The Morgan fingerprint density at radius 1 is 1.07 bits per heavy atom. The lowest BCUT2D eigenvalue weighted by Gasteiger charge is -2.44. The Labute approximate surface area is 159 Å². The molecular formula is C20H27N3O4. The third kappa shape index (κ3) is 4.86. The Morgan fingerprint density at radius 3 is 2.41 bits per heavy atom. The molecule has 0 saturated carbocycles. The summed E-state index contributed by atoms with van der Waals surface area (Å²) in [6.45, 7) is 3.71. The standard InChI is InChI=1S/C20H27N3O4/c24-17(25)4-9-22-18(26)15-2-1-3-16(14-15)19(27)23-12-7-20(8-13-23)5-10-21-11-6-20/h1-3,14,21H,4-13H2,(H,22,26)(H,24,25). The van der Waals surface area contributed by atoms with Crippen LogP contribution >= 0.6 is 0 Å². The minimum atomic E-state index is -0.962. The van der Waals surface area contributed by atoms with Crippen molar-refractivity contribution in [3.63, 3.8) is 0 Å². The van der Waals surface area contributed by atoms with Crippen LogP contribution < -0.4 is 10.6 Å². The summed E-state index contributed by atoms with van der Waals surface area (Å²) in [6, 6.07) is 6.64. The number of hydrogen-bond donors (Lipinski definition) is 3. The fraction of sp³-hybridized carbons (Fsp3) is 0.550. The number of amides is 2. The molecule has 146 valence electrons. The molecule has 0 bridgehead atoms. The number of carboxylic acids is 1. The Balaban J connectivity index is 1.59. The fourth-order valence-corrected chi connectivity index (χ4v) is 4.00. The van der Waals surface area contributed by atoms with Gasteiger partial charge in [-0.25, -0.2) is 0 Å². The van der Waals surface area contributed by atoms with Crippen molar-refractivity contribution in [1.29, 1.82) is 0 Å². The molecule has 2 fully saturated rings. The molecule has 7 nitrogen and oxygen atoms in total. The quantitative estimate of drug-likeness (QED) is 0.726. The second-order valence-corrected chi connectivity index (χ2v) is 7.52. The normalized spacial score (nSPS) is 18.9. The van der Waals surface area contributed by atoms with Crippen LogP contribution in [0.25, 0.3) is 0 Å². The van der Waals surface area contributed by atoms with E-state index in [4.69, 9.17) is 5.11 Å². The molecule has 3 N–H and O–H groups in total. The number of nitrogens with one attached hydrogen (secondary N) is 2. The van der Waals surface area contributed by atoms with E-state index in [2.05, 4.69) is 10.6 Å². The molecule has 0 aliphatic carbocycles. The molecule has 0 unspecified atom stereocenters. The van der Waals surface area contributed by atoms with E-state index in [9.17, 15) is 14.4 Å². The smallest absolute Gasteiger partial charge is 0.305 e. The first-order valence-electron chi connectivity index (χ1n) is 9.59. The second kappa shape index (κ2) is 8.52. The first kappa shape index (κ1) is 19.4. The molecular weight excluding hydrogens is 346 g/mol. The first-order chi connectivity index (χ1) is 13.0. The SMILES string of the molecule is O=C(O)CCNC(=O)c1cccc(C(=O)N2CCC3(CCNCC3)CC2)c1. The van der Waals surface area contributed by atoms with Crippen LogP contribution in [0, 0.1) is 5.41 Å². The lowest BCUT2D eigenvalue weighted by atomic mass is 9.71. The monoisotopic (exact) mass is 373 g/mol. The largest absolute Gasteiger partial charge is 0.481 e. The number of hydrogen-bond acceptors (Lipinski definition) is 4. The third-order valence-electron chi connectivity index (χ3n) is 5.77. The molecule has 2 aliphatic heterocycles. The number of carbonyl (C=O) groups is 3. The highest BCUT2D eigenvalue weighted by atomic mass is 16.4. The molecule has 7 heteroatoms. The lowest BCUT2D eigenvalue weighted by Crippen LogP contribution is -2.47.